The zero-order valence-electron chi connectivity index (χ0n) is 14.7. The van der Waals surface area contributed by atoms with Gasteiger partial charge in [-0.1, -0.05) is 6.07 Å². The Kier molecular flexibility index (Phi) is 6.15. The highest BCUT2D eigenvalue weighted by atomic mass is 32.2. The Balaban J connectivity index is 2.07. The van der Waals surface area contributed by atoms with Crippen molar-refractivity contribution in [2.75, 3.05) is 33.0 Å². The maximum atomic E-state index is 12.3. The van der Waals surface area contributed by atoms with Crippen LogP contribution in [0.2, 0.25) is 0 Å². The Hall–Kier alpha value is -1.97. The first-order chi connectivity index (χ1) is 11.8. The number of aryl methyl sites for hydroxylation is 1. The molecule has 136 valence electrons. The lowest BCUT2D eigenvalue weighted by atomic mass is 10.1. The predicted octanol–water partition coefficient (Wildman–Crippen LogP) is 1.72. The number of anilines is 1. The highest BCUT2D eigenvalue weighted by Crippen LogP contribution is 2.20. The van der Waals surface area contributed by atoms with Crippen molar-refractivity contribution in [2.24, 2.45) is 0 Å². The van der Waals surface area contributed by atoms with Crippen molar-refractivity contribution >= 4 is 32.4 Å². The molecule has 0 spiro atoms. The van der Waals surface area contributed by atoms with E-state index in [1.165, 1.54) is 31.5 Å². The minimum Gasteiger partial charge on any atom is -0.365 e. The number of amides is 1. The van der Waals surface area contributed by atoms with Crippen LogP contribution in [0, 0.1) is 6.92 Å². The van der Waals surface area contributed by atoms with Gasteiger partial charge in [-0.2, -0.15) is 0 Å². The zero-order valence-corrected chi connectivity index (χ0v) is 16.3. The number of nitrogens with zero attached hydrogens (tertiary/aromatic N) is 2. The summed E-state index contributed by atoms with van der Waals surface area (Å²) >= 11 is 1.51. The summed E-state index contributed by atoms with van der Waals surface area (Å²) in [4.78, 5) is 16.8. The molecule has 0 saturated heterocycles. The molecule has 0 radical (unpaired) electrons. The maximum absolute atomic E-state index is 12.3. The summed E-state index contributed by atoms with van der Waals surface area (Å²) < 4.78 is 25.8. The lowest BCUT2D eigenvalue weighted by Gasteiger charge is -2.14. The molecule has 2 N–H and O–H groups in total. The summed E-state index contributed by atoms with van der Waals surface area (Å²) in [5.41, 5.74) is 1.82. The number of sulfonamides is 1. The number of aromatic nitrogens is 1. The fourth-order valence-corrected chi connectivity index (χ4v) is 4.01. The van der Waals surface area contributed by atoms with E-state index in [0.29, 0.717) is 24.1 Å². The standard InChI is InChI=1S/C16H22N4O3S2/c1-11-5-6-12(9-14(11)25(22,23)20(3)4)15(21)18-8-7-13-10-24-16(17-2)19-13/h5-6,9-10H,7-8H2,1-4H3,(H,17,19)(H,18,21). The molecule has 1 aromatic carbocycles. The minimum absolute atomic E-state index is 0.142. The van der Waals surface area contributed by atoms with E-state index in [0.717, 1.165) is 15.1 Å². The molecule has 25 heavy (non-hydrogen) atoms. The van der Waals surface area contributed by atoms with E-state index in [2.05, 4.69) is 15.6 Å². The molecule has 1 aromatic heterocycles. The van der Waals surface area contributed by atoms with Crippen molar-refractivity contribution in [2.45, 2.75) is 18.2 Å². The number of carbonyl (C=O) groups is 1. The van der Waals surface area contributed by atoms with Gasteiger partial charge in [0.05, 0.1) is 10.6 Å². The lowest BCUT2D eigenvalue weighted by Crippen LogP contribution is -2.27. The number of benzene rings is 1. The fourth-order valence-electron chi connectivity index (χ4n) is 2.16. The van der Waals surface area contributed by atoms with Gasteiger partial charge in [-0.25, -0.2) is 17.7 Å². The molecule has 0 saturated carbocycles. The Labute approximate surface area is 152 Å². The number of rotatable bonds is 7. The first-order valence-electron chi connectivity index (χ1n) is 7.69. The monoisotopic (exact) mass is 382 g/mol. The summed E-state index contributed by atoms with van der Waals surface area (Å²) in [6.07, 6.45) is 0.610. The molecular weight excluding hydrogens is 360 g/mol. The molecule has 0 bridgehead atoms. The molecule has 0 atom stereocenters. The van der Waals surface area contributed by atoms with Crippen LogP contribution in [0.25, 0.3) is 0 Å². The van der Waals surface area contributed by atoms with Gasteiger partial charge in [0, 0.05) is 45.1 Å². The number of carbonyl (C=O) groups excluding carboxylic acids is 1. The molecular formula is C16H22N4O3S2. The Morgan fingerprint density at radius 3 is 2.64 bits per heavy atom. The number of nitrogens with one attached hydrogen (secondary N) is 2. The van der Waals surface area contributed by atoms with Gasteiger partial charge in [-0.05, 0) is 24.6 Å². The topological polar surface area (TPSA) is 91.4 Å². The highest BCUT2D eigenvalue weighted by Gasteiger charge is 2.21. The van der Waals surface area contributed by atoms with Crippen molar-refractivity contribution in [1.29, 1.82) is 0 Å². The Morgan fingerprint density at radius 2 is 2.04 bits per heavy atom. The van der Waals surface area contributed by atoms with Crippen LogP contribution in [0.5, 0.6) is 0 Å². The first-order valence-corrected chi connectivity index (χ1v) is 10.0. The van der Waals surface area contributed by atoms with Crippen LogP contribution < -0.4 is 10.6 Å². The summed E-state index contributed by atoms with van der Waals surface area (Å²) in [6.45, 7) is 2.13. The molecule has 9 heteroatoms. The van der Waals surface area contributed by atoms with Gasteiger partial charge in [-0.3, -0.25) is 4.79 Å². The molecule has 1 amide bonds. The van der Waals surface area contributed by atoms with Crippen LogP contribution in [0.3, 0.4) is 0 Å². The van der Waals surface area contributed by atoms with Crippen LogP contribution in [-0.2, 0) is 16.4 Å². The average Bonchev–Trinajstić information content (AvgIpc) is 3.02. The molecule has 0 unspecified atom stereocenters. The van der Waals surface area contributed by atoms with Gasteiger partial charge in [0.2, 0.25) is 10.0 Å². The Morgan fingerprint density at radius 1 is 1.32 bits per heavy atom. The second kappa shape index (κ2) is 7.94. The van der Waals surface area contributed by atoms with Gasteiger partial charge in [0.15, 0.2) is 5.13 Å². The smallest absolute Gasteiger partial charge is 0.251 e. The van der Waals surface area contributed by atoms with E-state index >= 15 is 0 Å². The highest BCUT2D eigenvalue weighted by molar-refractivity contribution is 7.89. The van der Waals surface area contributed by atoms with Gasteiger partial charge >= 0.3 is 0 Å². The quantitative estimate of drug-likeness (QED) is 0.761. The minimum atomic E-state index is -3.59. The number of hydrogen-bond acceptors (Lipinski definition) is 6. The van der Waals surface area contributed by atoms with Crippen LogP contribution in [0.15, 0.2) is 28.5 Å². The molecule has 2 aromatic rings. The maximum Gasteiger partial charge on any atom is 0.251 e. The molecule has 0 aliphatic heterocycles. The normalized spacial score (nSPS) is 11.6. The van der Waals surface area contributed by atoms with Crippen molar-refractivity contribution in [3.8, 4) is 0 Å². The first kappa shape index (κ1) is 19.4. The largest absolute Gasteiger partial charge is 0.365 e. The lowest BCUT2D eigenvalue weighted by molar-refractivity contribution is 0.0954. The van der Waals surface area contributed by atoms with E-state index in [4.69, 9.17) is 0 Å². The molecule has 1 heterocycles. The molecule has 7 nitrogen and oxygen atoms in total. The number of thiazole rings is 1. The molecule has 2 rings (SSSR count). The molecule has 0 aliphatic rings. The summed E-state index contributed by atoms with van der Waals surface area (Å²) in [5, 5.41) is 8.53. The average molecular weight is 383 g/mol. The molecule has 0 fully saturated rings. The third-order valence-corrected chi connectivity index (χ3v) is 6.51. The van der Waals surface area contributed by atoms with Crippen LogP contribution in [0.4, 0.5) is 5.13 Å². The zero-order chi connectivity index (χ0) is 18.6. The second-order valence-corrected chi connectivity index (χ2v) is 8.65. The third-order valence-electron chi connectivity index (χ3n) is 3.64. The Bertz CT molecular complexity index is 860. The van der Waals surface area contributed by atoms with Crippen molar-refractivity contribution in [1.82, 2.24) is 14.6 Å². The molecule has 0 aliphatic carbocycles. The summed E-state index contributed by atoms with van der Waals surface area (Å²) in [6, 6.07) is 4.69. The van der Waals surface area contributed by atoms with Gasteiger partial charge in [0.1, 0.15) is 0 Å². The number of hydrogen-bond donors (Lipinski definition) is 2. The van der Waals surface area contributed by atoms with E-state index in [9.17, 15) is 13.2 Å². The van der Waals surface area contributed by atoms with E-state index in [1.807, 2.05) is 5.38 Å². The fraction of sp³-hybridized carbons (Fsp3) is 0.375. The van der Waals surface area contributed by atoms with E-state index in [1.54, 1.807) is 26.1 Å². The van der Waals surface area contributed by atoms with E-state index in [-0.39, 0.29) is 10.8 Å². The van der Waals surface area contributed by atoms with E-state index < -0.39 is 10.0 Å². The van der Waals surface area contributed by atoms with Crippen LogP contribution >= 0.6 is 11.3 Å². The third kappa shape index (κ3) is 4.56. The van der Waals surface area contributed by atoms with Gasteiger partial charge in [0.25, 0.3) is 5.91 Å². The van der Waals surface area contributed by atoms with Gasteiger partial charge < -0.3 is 10.6 Å². The predicted molar refractivity (Wildman–Crippen MR) is 99.7 cm³/mol. The second-order valence-electron chi connectivity index (χ2n) is 5.67. The van der Waals surface area contributed by atoms with Crippen LogP contribution in [0.1, 0.15) is 21.6 Å². The van der Waals surface area contributed by atoms with Crippen molar-refractivity contribution in [3.05, 3.63) is 40.4 Å². The van der Waals surface area contributed by atoms with Crippen molar-refractivity contribution in [3.63, 3.8) is 0 Å². The van der Waals surface area contributed by atoms with Crippen LogP contribution in [-0.4, -0.2) is 51.3 Å². The van der Waals surface area contributed by atoms with Crippen molar-refractivity contribution < 1.29 is 13.2 Å². The van der Waals surface area contributed by atoms with Gasteiger partial charge in [-0.15, -0.1) is 11.3 Å². The summed E-state index contributed by atoms with van der Waals surface area (Å²) in [7, 11) is 1.15. The SMILES string of the molecule is CNc1nc(CCNC(=O)c2ccc(C)c(S(=O)(=O)N(C)C)c2)cs1. The summed E-state index contributed by atoms with van der Waals surface area (Å²) in [5.74, 6) is -0.306.